The molecule has 3 rings (SSSR count). The van der Waals surface area contributed by atoms with Gasteiger partial charge >= 0.3 is 0 Å². The molecule has 18 heavy (non-hydrogen) atoms. The lowest BCUT2D eigenvalue weighted by Gasteiger charge is -2.35. The quantitative estimate of drug-likeness (QED) is 0.910. The van der Waals surface area contributed by atoms with Crippen molar-refractivity contribution >= 4 is 28.9 Å². The van der Waals surface area contributed by atoms with E-state index < -0.39 is 0 Å². The summed E-state index contributed by atoms with van der Waals surface area (Å²) in [6, 6.07) is 7.33. The van der Waals surface area contributed by atoms with Crippen LogP contribution in [0, 0.1) is 0 Å². The maximum Gasteiger partial charge on any atom is 0.0612 e. The Hall–Kier alpha value is -0.440. The molecule has 0 bridgehead atoms. The lowest BCUT2D eigenvalue weighted by Crippen LogP contribution is -2.46. The molecule has 1 aliphatic heterocycles. The summed E-state index contributed by atoms with van der Waals surface area (Å²) in [6.45, 7) is 2.19. The van der Waals surface area contributed by atoms with Crippen molar-refractivity contribution in [3.63, 3.8) is 0 Å². The van der Waals surface area contributed by atoms with E-state index in [1.165, 1.54) is 31.4 Å². The lowest BCUT2D eigenvalue weighted by molar-refractivity contribution is 0.420. The van der Waals surface area contributed by atoms with Crippen LogP contribution >= 0.6 is 23.2 Å². The van der Waals surface area contributed by atoms with Crippen LogP contribution in [0.3, 0.4) is 0 Å². The van der Waals surface area contributed by atoms with Crippen LogP contribution < -0.4 is 10.2 Å². The normalized spacial score (nSPS) is 24.3. The van der Waals surface area contributed by atoms with E-state index in [2.05, 4.69) is 16.3 Å². The van der Waals surface area contributed by atoms with Crippen LogP contribution in [-0.2, 0) is 0 Å². The third-order valence-electron chi connectivity index (χ3n) is 3.74. The van der Waals surface area contributed by atoms with Crippen LogP contribution in [0.4, 0.5) is 5.69 Å². The second-order valence-electron chi connectivity index (χ2n) is 5.32. The van der Waals surface area contributed by atoms with Gasteiger partial charge in [0, 0.05) is 30.9 Å². The largest absolute Gasteiger partial charge is 0.370 e. The molecule has 0 amide bonds. The zero-order valence-corrected chi connectivity index (χ0v) is 11.8. The summed E-state index contributed by atoms with van der Waals surface area (Å²) < 4.78 is 0. The van der Waals surface area contributed by atoms with Gasteiger partial charge in [0.25, 0.3) is 0 Å². The molecule has 1 heterocycles. The van der Waals surface area contributed by atoms with E-state index in [4.69, 9.17) is 23.2 Å². The highest BCUT2D eigenvalue weighted by Crippen LogP contribution is 2.29. The molecule has 1 aromatic carbocycles. The molecule has 2 aliphatic rings. The fourth-order valence-electron chi connectivity index (χ4n) is 2.61. The molecular weight excluding hydrogens is 267 g/mol. The Kier molecular flexibility index (Phi) is 3.69. The van der Waals surface area contributed by atoms with E-state index in [0.717, 1.165) is 19.1 Å². The van der Waals surface area contributed by atoms with Crippen LogP contribution in [0.25, 0.3) is 0 Å². The molecular formula is C14H18Cl2N2. The molecule has 0 radical (unpaired) electrons. The zero-order valence-electron chi connectivity index (χ0n) is 10.3. The van der Waals surface area contributed by atoms with Gasteiger partial charge in [-0.25, -0.2) is 0 Å². The van der Waals surface area contributed by atoms with Gasteiger partial charge in [-0.15, -0.1) is 0 Å². The molecule has 4 heteroatoms. The standard InChI is InChI=1S/C14H18Cl2N2/c15-13-6-5-12(8-14(13)16)18-7-1-2-11(9-18)17-10-3-4-10/h5-6,8,10-11,17H,1-4,7,9H2. The third kappa shape index (κ3) is 2.93. The van der Waals surface area contributed by atoms with Gasteiger partial charge < -0.3 is 10.2 Å². The summed E-state index contributed by atoms with van der Waals surface area (Å²) in [5.74, 6) is 0. The Morgan fingerprint density at radius 2 is 1.89 bits per heavy atom. The fourth-order valence-corrected chi connectivity index (χ4v) is 2.91. The highest BCUT2D eigenvalue weighted by molar-refractivity contribution is 6.42. The monoisotopic (exact) mass is 284 g/mol. The molecule has 98 valence electrons. The predicted molar refractivity (Wildman–Crippen MR) is 77.9 cm³/mol. The van der Waals surface area contributed by atoms with Gasteiger partial charge in [0.1, 0.15) is 0 Å². The Bertz CT molecular complexity index is 432. The molecule has 1 saturated carbocycles. The van der Waals surface area contributed by atoms with Crippen molar-refractivity contribution < 1.29 is 0 Å². The summed E-state index contributed by atoms with van der Waals surface area (Å²) in [6.07, 6.45) is 5.23. The Balaban J connectivity index is 1.68. The summed E-state index contributed by atoms with van der Waals surface area (Å²) >= 11 is 12.1. The lowest BCUT2D eigenvalue weighted by atomic mass is 10.0. The van der Waals surface area contributed by atoms with Crippen LogP contribution in [0.1, 0.15) is 25.7 Å². The Morgan fingerprint density at radius 3 is 2.61 bits per heavy atom. The molecule has 1 aliphatic carbocycles. The van der Waals surface area contributed by atoms with Crippen LogP contribution in [-0.4, -0.2) is 25.2 Å². The number of hydrogen-bond acceptors (Lipinski definition) is 2. The van der Waals surface area contributed by atoms with Crippen molar-refractivity contribution in [1.82, 2.24) is 5.32 Å². The molecule has 0 aromatic heterocycles. The second-order valence-corrected chi connectivity index (χ2v) is 6.14. The minimum atomic E-state index is 0.626. The van der Waals surface area contributed by atoms with E-state index in [1.807, 2.05) is 12.1 Å². The number of nitrogens with zero attached hydrogens (tertiary/aromatic N) is 1. The minimum Gasteiger partial charge on any atom is -0.370 e. The van der Waals surface area contributed by atoms with Crippen LogP contribution in [0.15, 0.2) is 18.2 Å². The van der Waals surface area contributed by atoms with Crippen molar-refractivity contribution in [2.24, 2.45) is 0 Å². The number of hydrogen-bond donors (Lipinski definition) is 1. The average Bonchev–Trinajstić information content (AvgIpc) is 3.17. The van der Waals surface area contributed by atoms with Crippen molar-refractivity contribution in [3.05, 3.63) is 28.2 Å². The van der Waals surface area contributed by atoms with Gasteiger partial charge in [0.05, 0.1) is 10.0 Å². The number of nitrogens with one attached hydrogen (secondary N) is 1. The summed E-state index contributed by atoms with van der Waals surface area (Å²) in [7, 11) is 0. The molecule has 1 atom stereocenters. The zero-order chi connectivity index (χ0) is 12.5. The van der Waals surface area contributed by atoms with E-state index in [-0.39, 0.29) is 0 Å². The van der Waals surface area contributed by atoms with Crippen LogP contribution in [0.2, 0.25) is 10.0 Å². The van der Waals surface area contributed by atoms with Crippen molar-refractivity contribution in [1.29, 1.82) is 0 Å². The van der Waals surface area contributed by atoms with Gasteiger partial charge in [-0.2, -0.15) is 0 Å². The van der Waals surface area contributed by atoms with Crippen molar-refractivity contribution in [2.75, 3.05) is 18.0 Å². The Labute approximate surface area is 118 Å². The average molecular weight is 285 g/mol. The molecule has 2 nitrogen and oxygen atoms in total. The first-order chi connectivity index (χ1) is 8.72. The topological polar surface area (TPSA) is 15.3 Å². The Morgan fingerprint density at radius 1 is 1.06 bits per heavy atom. The van der Waals surface area contributed by atoms with Crippen molar-refractivity contribution in [2.45, 2.75) is 37.8 Å². The molecule has 1 aromatic rings. The smallest absolute Gasteiger partial charge is 0.0612 e. The second kappa shape index (κ2) is 5.28. The first kappa shape index (κ1) is 12.6. The third-order valence-corrected chi connectivity index (χ3v) is 4.48. The first-order valence-corrected chi connectivity index (χ1v) is 7.44. The minimum absolute atomic E-state index is 0.626. The van der Waals surface area contributed by atoms with Crippen LogP contribution in [0.5, 0.6) is 0 Å². The molecule has 0 spiro atoms. The number of piperidine rings is 1. The summed E-state index contributed by atoms with van der Waals surface area (Å²) in [5, 5.41) is 4.99. The highest BCUT2D eigenvalue weighted by atomic mass is 35.5. The SMILES string of the molecule is Clc1ccc(N2CCCC(NC3CC3)C2)cc1Cl. The van der Waals surface area contributed by atoms with Gasteiger partial charge in [-0.05, 0) is 43.9 Å². The van der Waals surface area contributed by atoms with E-state index in [9.17, 15) is 0 Å². The summed E-state index contributed by atoms with van der Waals surface area (Å²) in [4.78, 5) is 2.41. The number of rotatable bonds is 3. The number of halogens is 2. The first-order valence-electron chi connectivity index (χ1n) is 6.68. The summed E-state index contributed by atoms with van der Waals surface area (Å²) in [5.41, 5.74) is 1.19. The van der Waals surface area contributed by atoms with Gasteiger partial charge in [0.15, 0.2) is 0 Å². The van der Waals surface area contributed by atoms with Crippen molar-refractivity contribution in [3.8, 4) is 0 Å². The van der Waals surface area contributed by atoms with E-state index in [0.29, 0.717) is 16.1 Å². The van der Waals surface area contributed by atoms with Gasteiger partial charge in [-0.3, -0.25) is 0 Å². The maximum atomic E-state index is 6.09. The molecule has 1 saturated heterocycles. The van der Waals surface area contributed by atoms with E-state index >= 15 is 0 Å². The molecule has 1 unspecified atom stereocenters. The predicted octanol–water partition coefficient (Wildman–Crippen LogP) is 3.71. The maximum absolute atomic E-state index is 6.09. The fraction of sp³-hybridized carbons (Fsp3) is 0.571. The van der Waals surface area contributed by atoms with Gasteiger partial charge in [-0.1, -0.05) is 23.2 Å². The van der Waals surface area contributed by atoms with E-state index in [1.54, 1.807) is 0 Å². The molecule has 2 fully saturated rings. The highest BCUT2D eigenvalue weighted by Gasteiger charge is 2.27. The van der Waals surface area contributed by atoms with Gasteiger partial charge in [0.2, 0.25) is 0 Å². The number of benzene rings is 1. The number of anilines is 1. The molecule has 1 N–H and O–H groups in total.